The van der Waals surface area contributed by atoms with Crippen LogP contribution in [0.1, 0.15) is 89.5 Å². The Morgan fingerprint density at radius 2 is 1.40 bits per heavy atom. The van der Waals surface area contributed by atoms with Crippen molar-refractivity contribution in [3.05, 3.63) is 114 Å². The number of pyridine rings is 2. The summed E-state index contributed by atoms with van der Waals surface area (Å²) in [6.45, 7) is 18.0. The summed E-state index contributed by atoms with van der Waals surface area (Å²) in [4.78, 5) is 15.3. The number of para-hydroxylation sites is 1. The second-order valence-corrected chi connectivity index (χ2v) is 14.2. The monoisotopic (exact) mass is 800 g/mol. The van der Waals surface area contributed by atoms with Crippen molar-refractivity contribution in [2.24, 2.45) is 0 Å². The number of benzene rings is 3. The third-order valence-corrected chi connectivity index (χ3v) is 10.4. The molecule has 3 aromatic heterocycles. The first-order valence-corrected chi connectivity index (χ1v) is 16.2. The van der Waals surface area contributed by atoms with Crippen LogP contribution in [-0.2, 0) is 31.9 Å². The molecule has 0 saturated carbocycles. The molecule has 0 radical (unpaired) electrons. The Morgan fingerprint density at radius 3 is 2.11 bits per heavy atom. The summed E-state index contributed by atoms with van der Waals surface area (Å²) in [5, 5.41) is 12.1. The van der Waals surface area contributed by atoms with E-state index in [4.69, 9.17) is 9.97 Å². The maximum atomic E-state index is 11.2. The Kier molecular flexibility index (Phi) is 8.29. The molecule has 242 valence electrons. The number of nitrogens with zero attached hydrogens (tertiary/aromatic N) is 4. The summed E-state index contributed by atoms with van der Waals surface area (Å²) in [6.07, 6.45) is 3.91. The molecule has 0 unspecified atom stereocenters. The fraction of sp³-hybridized carbons (Fsp3) is 0.293. The van der Waals surface area contributed by atoms with Gasteiger partial charge in [-0.3, -0.25) is 0 Å². The number of aromatic nitrogens is 4. The molecule has 0 amide bonds. The minimum atomic E-state index is -0.215. The zero-order valence-corrected chi connectivity index (χ0v) is 30.6. The number of rotatable bonds is 5. The van der Waals surface area contributed by atoms with E-state index in [-0.39, 0.29) is 37.6 Å². The van der Waals surface area contributed by atoms with Crippen LogP contribution in [0.4, 0.5) is 0 Å². The summed E-state index contributed by atoms with van der Waals surface area (Å²) >= 11 is 0. The number of hydrogen-bond donors (Lipinski definition) is 1. The molecule has 7 rings (SSSR count). The molecular formula is C41H41N4OPt-. The Balaban J connectivity index is 0.00000386. The molecule has 1 aliphatic carbocycles. The first-order valence-electron chi connectivity index (χ1n) is 16.2. The van der Waals surface area contributed by atoms with Gasteiger partial charge in [-0.1, -0.05) is 122 Å². The van der Waals surface area contributed by atoms with Gasteiger partial charge in [0.15, 0.2) is 0 Å². The van der Waals surface area contributed by atoms with Crippen LogP contribution in [0, 0.1) is 6.07 Å². The first-order chi connectivity index (χ1) is 21.9. The van der Waals surface area contributed by atoms with E-state index >= 15 is 0 Å². The van der Waals surface area contributed by atoms with E-state index in [0.29, 0.717) is 11.8 Å². The van der Waals surface area contributed by atoms with Crippen LogP contribution >= 0.6 is 0 Å². The Bertz CT molecular complexity index is 2110. The van der Waals surface area contributed by atoms with E-state index in [1.54, 1.807) is 12.3 Å². The summed E-state index contributed by atoms with van der Waals surface area (Å²) in [6, 6.07) is 28.2. The van der Waals surface area contributed by atoms with Crippen molar-refractivity contribution >= 4 is 10.9 Å². The van der Waals surface area contributed by atoms with Crippen LogP contribution in [0.25, 0.3) is 50.6 Å². The van der Waals surface area contributed by atoms with Gasteiger partial charge in [0.1, 0.15) is 17.3 Å². The molecule has 3 aromatic carbocycles. The van der Waals surface area contributed by atoms with Gasteiger partial charge in [-0.25, -0.2) is 9.97 Å². The number of hydrogen-bond acceptors (Lipinski definition) is 4. The molecule has 0 bridgehead atoms. The van der Waals surface area contributed by atoms with Crippen molar-refractivity contribution in [2.45, 2.75) is 78.1 Å². The normalized spacial score (nSPS) is 14.6. The minimum Gasteiger partial charge on any atom is -0.507 e. The molecule has 3 heterocycles. The molecule has 1 N–H and O–H groups in total. The van der Waals surface area contributed by atoms with Crippen molar-refractivity contribution in [3.8, 4) is 45.5 Å². The van der Waals surface area contributed by atoms with Gasteiger partial charge < -0.3 is 14.7 Å². The number of phenols is 1. The average Bonchev–Trinajstić information content (AvgIpc) is 3.48. The molecular weight excluding hydrogens is 760 g/mol. The fourth-order valence-electron chi connectivity index (χ4n) is 7.16. The molecule has 6 heteroatoms. The number of imidazole rings is 1. The summed E-state index contributed by atoms with van der Waals surface area (Å²) in [5.74, 6) is 1.69. The second kappa shape index (κ2) is 11.9. The van der Waals surface area contributed by atoms with Gasteiger partial charge in [-0.05, 0) is 57.2 Å². The van der Waals surface area contributed by atoms with Crippen LogP contribution < -0.4 is 0 Å². The zero-order valence-electron chi connectivity index (χ0n) is 28.3. The molecule has 0 saturated heterocycles. The summed E-state index contributed by atoms with van der Waals surface area (Å²) in [7, 11) is 0. The predicted octanol–water partition coefficient (Wildman–Crippen LogP) is 10.1. The maximum Gasteiger partial charge on any atom is 0.125 e. The third-order valence-electron chi connectivity index (χ3n) is 10.4. The smallest absolute Gasteiger partial charge is 0.125 e. The van der Waals surface area contributed by atoms with Gasteiger partial charge in [-0.2, -0.15) is 0 Å². The molecule has 6 aromatic rings. The zero-order chi connectivity index (χ0) is 32.5. The first kappa shape index (κ1) is 32.8. The van der Waals surface area contributed by atoms with Crippen LogP contribution in [0.15, 0.2) is 85.2 Å². The van der Waals surface area contributed by atoms with E-state index in [9.17, 15) is 5.11 Å². The third kappa shape index (κ3) is 5.06. The van der Waals surface area contributed by atoms with Gasteiger partial charge in [0.05, 0.1) is 17.1 Å². The van der Waals surface area contributed by atoms with Gasteiger partial charge in [-0.15, -0.1) is 17.5 Å². The molecule has 0 spiro atoms. The van der Waals surface area contributed by atoms with Gasteiger partial charge in [0.25, 0.3) is 0 Å². The van der Waals surface area contributed by atoms with Crippen molar-refractivity contribution < 1.29 is 26.2 Å². The number of phenolic OH excluding ortho intramolecular Hbond substituents is 1. The van der Waals surface area contributed by atoms with Gasteiger partial charge in [0, 0.05) is 38.2 Å². The molecule has 0 fully saturated rings. The molecule has 47 heavy (non-hydrogen) atoms. The Hall–Kier alpha value is -4.08. The second-order valence-electron chi connectivity index (χ2n) is 14.2. The fourth-order valence-corrected chi connectivity index (χ4v) is 7.16. The van der Waals surface area contributed by atoms with Crippen LogP contribution in [-0.4, -0.2) is 24.6 Å². The predicted molar refractivity (Wildman–Crippen MR) is 188 cm³/mol. The van der Waals surface area contributed by atoms with E-state index in [0.717, 1.165) is 61.8 Å². The summed E-state index contributed by atoms with van der Waals surface area (Å²) < 4.78 is 2.26. The molecule has 0 atom stereocenters. The Labute approximate surface area is 292 Å². The van der Waals surface area contributed by atoms with E-state index in [1.165, 1.54) is 11.1 Å². The van der Waals surface area contributed by atoms with Crippen LogP contribution in [0.2, 0.25) is 0 Å². The van der Waals surface area contributed by atoms with Crippen molar-refractivity contribution in [1.82, 2.24) is 19.5 Å². The standard InChI is InChI=1S/C41H41N4O.Pt/c1-24(2)26-13-9-14-27(25(3)4)38(26)45-23-34(44-39(45)29-15-10-18-32-28(29)16-12-22-42-32)33-21-20-31-37(43-33)36-30(17-11-19-35(36)46)40(5,6)41(31,7)8;/h9-15,17-25,46H,1-8H3;/q-1;. The van der Waals surface area contributed by atoms with Crippen molar-refractivity contribution in [2.75, 3.05) is 0 Å². The summed E-state index contributed by atoms with van der Waals surface area (Å²) in [5.41, 5.74) is 10.5. The SMILES string of the molecule is CC(C)c1cccc(C(C)C)c1-n1cc(-c2ccc3c(n2)-c2c(O)cccc2C(C)(C)C3(C)C)nc1-c1cccc2ncc[c-]c12.[Pt]. The van der Waals surface area contributed by atoms with Gasteiger partial charge >= 0.3 is 0 Å². The largest absolute Gasteiger partial charge is 0.507 e. The average molecular weight is 801 g/mol. The number of aromatic hydroxyl groups is 1. The molecule has 1 aliphatic rings. The van der Waals surface area contributed by atoms with Gasteiger partial charge in [0.2, 0.25) is 0 Å². The van der Waals surface area contributed by atoms with Crippen molar-refractivity contribution in [3.63, 3.8) is 0 Å². The van der Waals surface area contributed by atoms with E-state index in [1.807, 2.05) is 24.3 Å². The van der Waals surface area contributed by atoms with Crippen LogP contribution in [0.5, 0.6) is 5.75 Å². The molecule has 0 aliphatic heterocycles. The molecule has 5 nitrogen and oxygen atoms in total. The van der Waals surface area contributed by atoms with E-state index < -0.39 is 0 Å². The topological polar surface area (TPSA) is 63.8 Å². The number of fused-ring (bicyclic) bond motifs is 4. The van der Waals surface area contributed by atoms with E-state index in [2.05, 4.69) is 120 Å². The Morgan fingerprint density at radius 1 is 0.745 bits per heavy atom. The minimum absolute atomic E-state index is 0. The quantitative estimate of drug-likeness (QED) is 0.177. The van der Waals surface area contributed by atoms with Crippen LogP contribution in [0.3, 0.4) is 0 Å². The van der Waals surface area contributed by atoms with Crippen molar-refractivity contribution in [1.29, 1.82) is 0 Å². The maximum absolute atomic E-state index is 11.2.